The quantitative estimate of drug-likeness (QED) is 0.713. The van der Waals surface area contributed by atoms with Gasteiger partial charge in [0.15, 0.2) is 0 Å². The molecule has 0 aromatic heterocycles. The Morgan fingerprint density at radius 2 is 1.97 bits per heavy atom. The van der Waals surface area contributed by atoms with Crippen LogP contribution >= 0.6 is 0 Å². The van der Waals surface area contributed by atoms with Crippen LogP contribution in [0.25, 0.3) is 0 Å². The predicted octanol–water partition coefficient (Wildman–Crippen LogP) is 1.38. The van der Waals surface area contributed by atoms with Gasteiger partial charge in [0.25, 0.3) is 5.91 Å². The lowest BCUT2D eigenvalue weighted by Gasteiger charge is -2.41. The lowest BCUT2D eigenvalue weighted by atomic mass is 9.72. The monoisotopic (exact) mass is 398 g/mol. The van der Waals surface area contributed by atoms with Crippen LogP contribution in [0.4, 0.5) is 0 Å². The molecule has 3 aliphatic rings. The number of rotatable bonds is 4. The van der Waals surface area contributed by atoms with E-state index in [0.717, 1.165) is 44.1 Å². The van der Waals surface area contributed by atoms with Crippen molar-refractivity contribution in [3.05, 3.63) is 35.4 Å². The number of amides is 3. The number of carbonyl (C=O) groups is 3. The van der Waals surface area contributed by atoms with E-state index in [1.807, 2.05) is 24.3 Å². The lowest BCUT2D eigenvalue weighted by molar-refractivity contribution is -0.133. The second-order valence-corrected chi connectivity index (χ2v) is 8.69. The fraction of sp³-hybridized carbons (Fsp3) is 0.591. The van der Waals surface area contributed by atoms with Crippen LogP contribution in [-0.2, 0) is 16.0 Å². The molecule has 4 N–H and O–H groups in total. The lowest BCUT2D eigenvalue weighted by Crippen LogP contribution is -2.60. The zero-order chi connectivity index (χ0) is 20.4. The first-order chi connectivity index (χ1) is 14.0. The SMILES string of the molecule is NC(=O)C1CCCN(C(=O)c2cccc(CC3NNC(=O)C4CCCCC34)c2)C1. The van der Waals surface area contributed by atoms with E-state index in [-0.39, 0.29) is 35.6 Å². The minimum Gasteiger partial charge on any atom is -0.369 e. The molecule has 7 heteroatoms. The first-order valence-corrected chi connectivity index (χ1v) is 10.8. The van der Waals surface area contributed by atoms with Crippen molar-refractivity contribution < 1.29 is 14.4 Å². The molecular formula is C22H30N4O3. The van der Waals surface area contributed by atoms with Crippen molar-refractivity contribution >= 4 is 17.7 Å². The highest BCUT2D eigenvalue weighted by molar-refractivity contribution is 5.95. The average molecular weight is 399 g/mol. The number of hydrazine groups is 1. The Hall–Kier alpha value is -2.41. The minimum atomic E-state index is -0.330. The topological polar surface area (TPSA) is 105 Å². The van der Waals surface area contributed by atoms with E-state index in [4.69, 9.17) is 5.73 Å². The summed E-state index contributed by atoms with van der Waals surface area (Å²) in [6.07, 6.45) is 6.63. The molecule has 7 nitrogen and oxygen atoms in total. The van der Waals surface area contributed by atoms with Crippen LogP contribution in [0.3, 0.4) is 0 Å². The van der Waals surface area contributed by atoms with Crippen LogP contribution in [0, 0.1) is 17.8 Å². The van der Waals surface area contributed by atoms with E-state index in [1.165, 1.54) is 6.42 Å². The second kappa shape index (κ2) is 8.53. The van der Waals surface area contributed by atoms with Gasteiger partial charge in [-0.05, 0) is 55.7 Å². The molecule has 1 aromatic carbocycles. The van der Waals surface area contributed by atoms with Gasteiger partial charge in [0.1, 0.15) is 0 Å². The van der Waals surface area contributed by atoms with Crippen molar-refractivity contribution in [3.8, 4) is 0 Å². The number of carbonyl (C=O) groups excluding carboxylic acids is 3. The van der Waals surface area contributed by atoms with Gasteiger partial charge in [-0.3, -0.25) is 19.8 Å². The summed E-state index contributed by atoms with van der Waals surface area (Å²) in [6.45, 7) is 1.06. The van der Waals surface area contributed by atoms with Gasteiger partial charge >= 0.3 is 0 Å². The van der Waals surface area contributed by atoms with E-state index < -0.39 is 0 Å². The fourth-order valence-corrected chi connectivity index (χ4v) is 5.19. The number of likely N-dealkylation sites (tertiary alicyclic amines) is 1. The van der Waals surface area contributed by atoms with Gasteiger partial charge < -0.3 is 10.6 Å². The van der Waals surface area contributed by atoms with Crippen LogP contribution in [-0.4, -0.2) is 41.8 Å². The zero-order valence-electron chi connectivity index (χ0n) is 16.7. The van der Waals surface area contributed by atoms with Gasteiger partial charge in [0, 0.05) is 30.6 Å². The number of nitrogens with zero attached hydrogens (tertiary/aromatic N) is 1. The maximum absolute atomic E-state index is 13.0. The summed E-state index contributed by atoms with van der Waals surface area (Å²) in [5.74, 6) is -0.0747. The number of nitrogens with one attached hydrogen (secondary N) is 2. The van der Waals surface area contributed by atoms with Gasteiger partial charge in [0.05, 0.1) is 5.92 Å². The second-order valence-electron chi connectivity index (χ2n) is 8.69. The summed E-state index contributed by atoms with van der Waals surface area (Å²) in [4.78, 5) is 38.4. The first-order valence-electron chi connectivity index (χ1n) is 10.8. The molecule has 3 fully saturated rings. The van der Waals surface area contributed by atoms with Gasteiger partial charge in [-0.1, -0.05) is 25.0 Å². The van der Waals surface area contributed by atoms with Crippen LogP contribution < -0.4 is 16.6 Å². The molecule has 0 bridgehead atoms. The standard InChI is InChI=1S/C22H30N4O3/c23-20(27)16-7-4-10-26(13-16)22(29)15-6-3-5-14(11-15)12-19-17-8-1-2-9-18(17)21(28)25-24-19/h3,5-6,11,16-19,24H,1-2,4,7-10,12-13H2,(H2,23,27)(H,25,28). The number of nitrogens with two attached hydrogens (primary N) is 1. The van der Waals surface area contributed by atoms with Crippen LogP contribution in [0.15, 0.2) is 24.3 Å². The van der Waals surface area contributed by atoms with Crippen molar-refractivity contribution in [2.24, 2.45) is 23.5 Å². The van der Waals surface area contributed by atoms with Crippen molar-refractivity contribution in [1.82, 2.24) is 15.8 Å². The molecular weight excluding hydrogens is 368 g/mol. The molecule has 2 aliphatic heterocycles. The maximum Gasteiger partial charge on any atom is 0.253 e. The Kier molecular flexibility index (Phi) is 5.85. The third kappa shape index (κ3) is 4.29. The van der Waals surface area contributed by atoms with Crippen molar-refractivity contribution in [2.45, 2.75) is 51.0 Å². The zero-order valence-corrected chi connectivity index (χ0v) is 16.7. The Morgan fingerprint density at radius 3 is 2.79 bits per heavy atom. The summed E-state index contributed by atoms with van der Waals surface area (Å²) in [7, 11) is 0. The number of hydrogen-bond acceptors (Lipinski definition) is 4. The molecule has 0 radical (unpaired) electrons. The van der Waals surface area contributed by atoms with E-state index >= 15 is 0 Å². The molecule has 2 heterocycles. The number of hydrogen-bond donors (Lipinski definition) is 3. The molecule has 4 rings (SSSR count). The van der Waals surface area contributed by atoms with E-state index in [0.29, 0.717) is 24.6 Å². The summed E-state index contributed by atoms with van der Waals surface area (Å²) >= 11 is 0. The fourth-order valence-electron chi connectivity index (χ4n) is 5.19. The molecule has 1 aromatic rings. The van der Waals surface area contributed by atoms with E-state index in [1.54, 1.807) is 4.90 Å². The molecule has 156 valence electrons. The summed E-state index contributed by atoms with van der Waals surface area (Å²) in [5.41, 5.74) is 13.2. The molecule has 1 saturated carbocycles. The molecule has 4 unspecified atom stereocenters. The number of primary amides is 1. The smallest absolute Gasteiger partial charge is 0.253 e. The highest BCUT2D eigenvalue weighted by Gasteiger charge is 2.39. The third-order valence-electron chi connectivity index (χ3n) is 6.79. The first kappa shape index (κ1) is 19.9. The third-order valence-corrected chi connectivity index (χ3v) is 6.79. The van der Waals surface area contributed by atoms with Gasteiger partial charge in [-0.2, -0.15) is 0 Å². The normalized spacial score (nSPS) is 29.7. The van der Waals surface area contributed by atoms with Gasteiger partial charge in [-0.15, -0.1) is 0 Å². The minimum absolute atomic E-state index is 0.0433. The number of piperidine rings is 1. The van der Waals surface area contributed by atoms with Crippen molar-refractivity contribution in [1.29, 1.82) is 0 Å². The molecule has 2 saturated heterocycles. The van der Waals surface area contributed by atoms with Crippen LogP contribution in [0.5, 0.6) is 0 Å². The summed E-state index contributed by atoms with van der Waals surface area (Å²) in [5, 5.41) is 0. The largest absolute Gasteiger partial charge is 0.369 e. The van der Waals surface area contributed by atoms with E-state index in [9.17, 15) is 14.4 Å². The highest BCUT2D eigenvalue weighted by atomic mass is 16.2. The maximum atomic E-state index is 13.0. The Bertz CT molecular complexity index is 796. The predicted molar refractivity (Wildman–Crippen MR) is 108 cm³/mol. The molecule has 3 amide bonds. The number of fused-ring (bicyclic) bond motifs is 1. The molecule has 4 atom stereocenters. The van der Waals surface area contributed by atoms with Gasteiger partial charge in [0.2, 0.25) is 11.8 Å². The van der Waals surface area contributed by atoms with Crippen LogP contribution in [0.2, 0.25) is 0 Å². The summed E-state index contributed by atoms with van der Waals surface area (Å²) in [6, 6.07) is 7.91. The molecule has 0 spiro atoms. The number of benzene rings is 1. The average Bonchev–Trinajstić information content (AvgIpc) is 2.76. The van der Waals surface area contributed by atoms with E-state index in [2.05, 4.69) is 10.9 Å². The Morgan fingerprint density at radius 1 is 1.14 bits per heavy atom. The van der Waals surface area contributed by atoms with Crippen molar-refractivity contribution in [3.63, 3.8) is 0 Å². The van der Waals surface area contributed by atoms with Crippen molar-refractivity contribution in [2.75, 3.05) is 13.1 Å². The molecule has 1 aliphatic carbocycles. The molecule has 29 heavy (non-hydrogen) atoms. The van der Waals surface area contributed by atoms with Crippen LogP contribution in [0.1, 0.15) is 54.4 Å². The Labute approximate surface area is 171 Å². The highest BCUT2D eigenvalue weighted by Crippen LogP contribution is 2.35. The Balaban J connectivity index is 1.45. The summed E-state index contributed by atoms with van der Waals surface area (Å²) < 4.78 is 0. The van der Waals surface area contributed by atoms with Gasteiger partial charge in [-0.25, -0.2) is 5.43 Å².